The van der Waals surface area contributed by atoms with Gasteiger partial charge in [0.15, 0.2) is 10.6 Å². The number of aryl methyl sites for hydroxylation is 1. The average molecular weight is 432 g/mol. The van der Waals surface area contributed by atoms with Gasteiger partial charge >= 0.3 is 0 Å². The Morgan fingerprint density at radius 3 is 2.34 bits per heavy atom. The molecule has 0 saturated carbocycles. The van der Waals surface area contributed by atoms with Gasteiger partial charge in [-0.2, -0.15) is 5.10 Å². The minimum atomic E-state index is -3.68. The number of carbonyl (C=O) groups is 1. The summed E-state index contributed by atoms with van der Waals surface area (Å²) in [6, 6.07) is 13.0. The van der Waals surface area contributed by atoms with Gasteiger partial charge in [0, 0.05) is 19.7 Å². The maximum atomic E-state index is 12.8. The number of benzene rings is 2. The van der Waals surface area contributed by atoms with E-state index in [1.165, 1.54) is 11.4 Å². The van der Waals surface area contributed by atoms with Gasteiger partial charge in [0.05, 0.1) is 17.1 Å². The molecule has 1 amide bonds. The molecule has 1 aromatic heterocycles. The van der Waals surface area contributed by atoms with Gasteiger partial charge in [-0.3, -0.25) is 14.2 Å². The number of amides is 1. The second kappa shape index (κ2) is 8.18. The summed E-state index contributed by atoms with van der Waals surface area (Å²) >= 11 is 5.04. The second-order valence-electron chi connectivity index (χ2n) is 6.52. The molecule has 0 spiro atoms. The molecule has 0 bridgehead atoms. The first-order chi connectivity index (χ1) is 13.7. The third-order valence-corrected chi connectivity index (χ3v) is 6.72. The number of rotatable bonds is 6. The number of H-pyrrole nitrogens is 1. The Kier molecular flexibility index (Phi) is 5.85. The second-order valence-corrected chi connectivity index (χ2v) is 8.88. The van der Waals surface area contributed by atoms with Gasteiger partial charge in [-0.05, 0) is 55.5 Å². The van der Waals surface area contributed by atoms with E-state index in [2.05, 4.69) is 15.5 Å². The highest BCUT2D eigenvalue weighted by Crippen LogP contribution is 2.22. The summed E-state index contributed by atoms with van der Waals surface area (Å²) in [6.07, 6.45) is 0. The van der Waals surface area contributed by atoms with Crippen LogP contribution in [-0.2, 0) is 23.6 Å². The number of nitrogens with zero attached hydrogens (tertiary/aromatic N) is 3. The van der Waals surface area contributed by atoms with Crippen molar-refractivity contribution in [1.82, 2.24) is 20.1 Å². The molecule has 29 heavy (non-hydrogen) atoms. The lowest BCUT2D eigenvalue weighted by atomic mass is 10.2. The van der Waals surface area contributed by atoms with E-state index >= 15 is 0 Å². The van der Waals surface area contributed by atoms with E-state index in [1.807, 2.05) is 6.92 Å². The molecule has 0 radical (unpaired) electrons. The molecule has 152 valence electrons. The summed E-state index contributed by atoms with van der Waals surface area (Å²) in [4.78, 5) is 12.6. The van der Waals surface area contributed by atoms with Crippen LogP contribution in [0.5, 0.6) is 0 Å². The van der Waals surface area contributed by atoms with Crippen LogP contribution in [0.2, 0.25) is 0 Å². The van der Waals surface area contributed by atoms with E-state index in [0.717, 1.165) is 5.56 Å². The molecule has 0 fully saturated rings. The molecular formula is C19H21N5O3S2. The van der Waals surface area contributed by atoms with Crippen molar-refractivity contribution in [2.75, 3.05) is 11.4 Å². The van der Waals surface area contributed by atoms with Crippen LogP contribution < -0.4 is 9.62 Å². The molecule has 0 saturated heterocycles. The van der Waals surface area contributed by atoms with E-state index in [4.69, 9.17) is 12.2 Å². The number of aromatic nitrogens is 3. The molecule has 0 aliphatic heterocycles. The molecule has 0 unspecified atom stereocenters. The van der Waals surface area contributed by atoms with Gasteiger partial charge < -0.3 is 9.88 Å². The molecule has 3 aromatic rings. The van der Waals surface area contributed by atoms with Gasteiger partial charge in [0.2, 0.25) is 0 Å². The number of sulfonamides is 1. The van der Waals surface area contributed by atoms with Crippen molar-refractivity contribution in [3.8, 4) is 0 Å². The van der Waals surface area contributed by atoms with Crippen LogP contribution in [0, 0.1) is 11.7 Å². The molecule has 1 heterocycles. The van der Waals surface area contributed by atoms with Crippen LogP contribution in [0.3, 0.4) is 0 Å². The van der Waals surface area contributed by atoms with Gasteiger partial charge in [-0.25, -0.2) is 8.42 Å². The summed E-state index contributed by atoms with van der Waals surface area (Å²) in [5.74, 6) is 0.304. The molecule has 0 atom stereocenters. The predicted molar refractivity (Wildman–Crippen MR) is 113 cm³/mol. The zero-order valence-electron chi connectivity index (χ0n) is 16.2. The average Bonchev–Trinajstić information content (AvgIpc) is 3.04. The summed E-state index contributed by atoms with van der Waals surface area (Å²) in [7, 11) is -0.445. The number of anilines is 1. The van der Waals surface area contributed by atoms with Crippen LogP contribution in [0.4, 0.5) is 5.69 Å². The van der Waals surface area contributed by atoms with E-state index in [9.17, 15) is 13.2 Å². The van der Waals surface area contributed by atoms with Crippen molar-refractivity contribution in [2.45, 2.75) is 18.4 Å². The predicted octanol–water partition coefficient (Wildman–Crippen LogP) is 2.54. The smallest absolute Gasteiger partial charge is 0.264 e. The summed E-state index contributed by atoms with van der Waals surface area (Å²) in [5, 5.41) is 9.45. The SMILES string of the molecule is Cc1ccc(S(=O)(=O)N(C)c2ccc(C(=O)NCc3n[nH]c(=S)n3C)cc2)cc1. The zero-order valence-corrected chi connectivity index (χ0v) is 17.8. The Bertz CT molecular complexity index is 1180. The Morgan fingerprint density at radius 1 is 1.17 bits per heavy atom. The van der Waals surface area contributed by atoms with Gasteiger partial charge in [0.25, 0.3) is 15.9 Å². The number of aromatic amines is 1. The van der Waals surface area contributed by atoms with Crippen molar-refractivity contribution in [2.24, 2.45) is 7.05 Å². The number of carbonyl (C=O) groups excluding carboxylic acids is 1. The molecule has 10 heteroatoms. The lowest BCUT2D eigenvalue weighted by Gasteiger charge is -2.20. The van der Waals surface area contributed by atoms with Crippen molar-refractivity contribution in [1.29, 1.82) is 0 Å². The fourth-order valence-corrected chi connectivity index (χ4v) is 3.98. The van der Waals surface area contributed by atoms with E-state index < -0.39 is 10.0 Å². The molecular weight excluding hydrogens is 410 g/mol. The molecule has 0 aliphatic carbocycles. The first-order valence-electron chi connectivity index (χ1n) is 8.74. The van der Waals surface area contributed by atoms with Crippen LogP contribution in [0.15, 0.2) is 53.4 Å². The number of hydrogen-bond donors (Lipinski definition) is 2. The molecule has 2 aromatic carbocycles. The fourth-order valence-electron chi connectivity index (χ4n) is 2.63. The third-order valence-electron chi connectivity index (χ3n) is 4.55. The van der Waals surface area contributed by atoms with E-state index in [-0.39, 0.29) is 17.3 Å². The molecule has 8 nitrogen and oxygen atoms in total. The van der Waals surface area contributed by atoms with Crippen LogP contribution >= 0.6 is 12.2 Å². The minimum absolute atomic E-state index is 0.209. The monoisotopic (exact) mass is 431 g/mol. The number of nitrogens with one attached hydrogen (secondary N) is 2. The highest BCUT2D eigenvalue weighted by atomic mass is 32.2. The Labute approximate surface area is 174 Å². The van der Waals surface area contributed by atoms with Crippen LogP contribution in [-0.4, -0.2) is 36.1 Å². The largest absolute Gasteiger partial charge is 0.345 e. The molecule has 3 rings (SSSR count). The van der Waals surface area contributed by atoms with Crippen LogP contribution in [0.25, 0.3) is 0 Å². The van der Waals surface area contributed by atoms with Crippen molar-refractivity contribution >= 4 is 33.8 Å². The van der Waals surface area contributed by atoms with E-state index in [1.54, 1.807) is 60.1 Å². The lowest BCUT2D eigenvalue weighted by Crippen LogP contribution is -2.27. The normalized spacial score (nSPS) is 11.3. The summed E-state index contributed by atoms with van der Waals surface area (Å²) in [6.45, 7) is 2.11. The molecule has 2 N–H and O–H groups in total. The highest BCUT2D eigenvalue weighted by molar-refractivity contribution is 7.92. The first-order valence-corrected chi connectivity index (χ1v) is 10.6. The Balaban J connectivity index is 1.71. The Morgan fingerprint density at radius 2 is 1.79 bits per heavy atom. The fraction of sp³-hybridized carbons (Fsp3) is 0.211. The lowest BCUT2D eigenvalue weighted by molar-refractivity contribution is 0.0949. The zero-order chi connectivity index (χ0) is 21.2. The summed E-state index contributed by atoms with van der Waals surface area (Å²) < 4.78 is 28.9. The number of hydrogen-bond acceptors (Lipinski definition) is 5. The van der Waals surface area contributed by atoms with Crippen molar-refractivity contribution < 1.29 is 13.2 Å². The minimum Gasteiger partial charge on any atom is -0.345 e. The standard InChI is InChI=1S/C19H21N5O3S2/c1-13-4-10-16(11-5-13)29(26,27)24(3)15-8-6-14(7-9-15)18(25)20-12-17-21-22-19(28)23(17)2/h4-11H,12H2,1-3H3,(H,20,25)(H,22,28). The van der Waals surface area contributed by atoms with Crippen molar-refractivity contribution in [3.63, 3.8) is 0 Å². The Hall–Kier alpha value is -2.98. The van der Waals surface area contributed by atoms with Gasteiger partial charge in [-0.15, -0.1) is 0 Å². The maximum Gasteiger partial charge on any atom is 0.264 e. The van der Waals surface area contributed by atoms with Crippen molar-refractivity contribution in [3.05, 3.63) is 70.3 Å². The maximum absolute atomic E-state index is 12.8. The quantitative estimate of drug-likeness (QED) is 0.584. The summed E-state index contributed by atoms with van der Waals surface area (Å²) in [5.41, 5.74) is 1.84. The van der Waals surface area contributed by atoms with Crippen LogP contribution in [0.1, 0.15) is 21.7 Å². The van der Waals surface area contributed by atoms with Gasteiger partial charge in [0.1, 0.15) is 0 Å². The third kappa shape index (κ3) is 4.38. The molecule has 0 aliphatic rings. The topological polar surface area (TPSA) is 100 Å². The first kappa shape index (κ1) is 20.7. The van der Waals surface area contributed by atoms with Gasteiger partial charge in [-0.1, -0.05) is 17.7 Å². The van der Waals surface area contributed by atoms with E-state index in [0.29, 0.717) is 21.8 Å². The highest BCUT2D eigenvalue weighted by Gasteiger charge is 2.21.